The zero-order valence-corrected chi connectivity index (χ0v) is 8.81. The van der Waals surface area contributed by atoms with Gasteiger partial charge in [-0.2, -0.15) is 0 Å². The maximum Gasteiger partial charge on any atom is 0.327 e. The molecule has 2 heterocycles. The molecule has 1 aliphatic heterocycles. The molecule has 0 bridgehead atoms. The summed E-state index contributed by atoms with van der Waals surface area (Å²) < 4.78 is 8.87. The van der Waals surface area contributed by atoms with Gasteiger partial charge in [0.25, 0.3) is 0 Å². The van der Waals surface area contributed by atoms with E-state index in [-0.39, 0.29) is 0 Å². The monoisotopic (exact) mass is 229 g/mol. The number of hydrogen-bond acceptors (Lipinski definition) is 6. The molecule has 0 aliphatic carbocycles. The highest BCUT2D eigenvalue weighted by Gasteiger charge is 2.30. The van der Waals surface area contributed by atoms with Crippen LogP contribution in [-0.4, -0.2) is 51.9 Å². The first-order chi connectivity index (χ1) is 7.29. The molecule has 7 heteroatoms. The number of rotatable bonds is 3. The van der Waals surface area contributed by atoms with Crippen LogP contribution in [0.4, 0.5) is 0 Å². The van der Waals surface area contributed by atoms with Crippen LogP contribution in [0.5, 0.6) is 0 Å². The molecule has 1 aliphatic rings. The molecule has 1 aromatic heterocycles. The van der Waals surface area contributed by atoms with Crippen molar-refractivity contribution in [3.63, 3.8) is 0 Å². The fourth-order valence-corrected chi connectivity index (χ4v) is 2.07. The number of carboxylic acid groups (broad SMARTS) is 1. The Morgan fingerprint density at radius 1 is 1.60 bits per heavy atom. The van der Waals surface area contributed by atoms with Gasteiger partial charge in [-0.15, -0.1) is 5.10 Å². The molecule has 82 valence electrons. The maximum absolute atomic E-state index is 11.2. The van der Waals surface area contributed by atoms with Crippen LogP contribution in [-0.2, 0) is 9.53 Å². The summed E-state index contributed by atoms with van der Waals surface area (Å²) in [4.78, 5) is 13.0. The Kier molecular flexibility index (Phi) is 3.24. The molecular formula is C8H11N3O3S. The number of aromatic nitrogens is 2. The van der Waals surface area contributed by atoms with Gasteiger partial charge in [-0.3, -0.25) is 9.69 Å². The molecule has 0 radical (unpaired) electrons. The number of ether oxygens (including phenoxy) is 1. The first kappa shape index (κ1) is 10.5. The summed E-state index contributed by atoms with van der Waals surface area (Å²) >= 11 is 1.17. The summed E-state index contributed by atoms with van der Waals surface area (Å²) in [5.41, 5.74) is 0.509. The lowest BCUT2D eigenvalue weighted by Gasteiger charge is -2.30. The summed E-state index contributed by atoms with van der Waals surface area (Å²) in [5.74, 6) is -0.885. The van der Waals surface area contributed by atoms with Crippen LogP contribution in [0.25, 0.3) is 0 Å². The maximum atomic E-state index is 11.2. The molecule has 1 fully saturated rings. The van der Waals surface area contributed by atoms with E-state index < -0.39 is 12.0 Å². The van der Waals surface area contributed by atoms with E-state index in [1.807, 2.05) is 4.90 Å². The van der Waals surface area contributed by atoms with E-state index in [1.54, 1.807) is 5.38 Å². The Labute approximate surface area is 90.6 Å². The molecule has 1 saturated heterocycles. The van der Waals surface area contributed by atoms with Crippen molar-refractivity contribution in [2.45, 2.75) is 6.04 Å². The fraction of sp³-hybridized carbons (Fsp3) is 0.625. The second-order valence-corrected chi connectivity index (χ2v) is 3.83. The van der Waals surface area contributed by atoms with Crippen molar-refractivity contribution in [3.8, 4) is 0 Å². The second kappa shape index (κ2) is 4.65. The van der Waals surface area contributed by atoms with E-state index >= 15 is 0 Å². The minimum atomic E-state index is -0.885. The van der Waals surface area contributed by atoms with Crippen LogP contribution in [0.1, 0.15) is 11.7 Å². The van der Waals surface area contributed by atoms with Gasteiger partial charge in [-0.1, -0.05) is 4.49 Å². The first-order valence-electron chi connectivity index (χ1n) is 4.60. The molecule has 0 amide bonds. The largest absolute Gasteiger partial charge is 0.480 e. The molecule has 1 N–H and O–H groups in total. The number of aliphatic carboxylic acids is 1. The predicted octanol–water partition coefficient (Wildman–Crippen LogP) is -0.00400. The van der Waals surface area contributed by atoms with Crippen molar-refractivity contribution in [1.82, 2.24) is 14.5 Å². The SMILES string of the molecule is O=C(O)C(c1csnn1)N1CCOCC1. The Balaban J connectivity index is 2.15. The standard InChI is InChI=1S/C8H11N3O3S/c12-8(13)7(6-5-15-10-9-6)11-1-3-14-4-2-11/h5,7H,1-4H2,(H,12,13). The summed E-state index contributed by atoms with van der Waals surface area (Å²) in [6.45, 7) is 2.38. The molecule has 0 aromatic carbocycles. The Hall–Kier alpha value is -1.05. The number of nitrogens with zero attached hydrogens (tertiary/aromatic N) is 3. The summed E-state index contributed by atoms with van der Waals surface area (Å²) in [5, 5.41) is 14.6. The van der Waals surface area contributed by atoms with Crippen molar-refractivity contribution < 1.29 is 14.6 Å². The zero-order valence-electron chi connectivity index (χ0n) is 8.00. The number of morpholine rings is 1. The highest BCUT2D eigenvalue weighted by Crippen LogP contribution is 2.20. The van der Waals surface area contributed by atoms with Crippen LogP contribution in [0, 0.1) is 0 Å². The van der Waals surface area contributed by atoms with Crippen LogP contribution >= 0.6 is 11.5 Å². The van der Waals surface area contributed by atoms with Crippen molar-refractivity contribution in [3.05, 3.63) is 11.1 Å². The van der Waals surface area contributed by atoms with Crippen molar-refractivity contribution in [1.29, 1.82) is 0 Å². The highest BCUT2D eigenvalue weighted by molar-refractivity contribution is 7.03. The molecule has 1 atom stereocenters. The van der Waals surface area contributed by atoms with Crippen LogP contribution in [0.3, 0.4) is 0 Å². The van der Waals surface area contributed by atoms with E-state index in [9.17, 15) is 4.79 Å². The van der Waals surface area contributed by atoms with E-state index in [0.29, 0.717) is 32.0 Å². The van der Waals surface area contributed by atoms with Gasteiger partial charge in [-0.25, -0.2) is 0 Å². The zero-order chi connectivity index (χ0) is 10.7. The first-order valence-corrected chi connectivity index (χ1v) is 5.44. The molecule has 1 unspecified atom stereocenters. The lowest BCUT2D eigenvalue weighted by Crippen LogP contribution is -2.42. The molecule has 2 rings (SSSR count). The molecule has 6 nitrogen and oxygen atoms in total. The minimum Gasteiger partial charge on any atom is -0.480 e. The quantitative estimate of drug-likeness (QED) is 0.786. The highest BCUT2D eigenvalue weighted by atomic mass is 32.1. The lowest BCUT2D eigenvalue weighted by molar-refractivity contribution is -0.145. The number of carboxylic acids is 1. The summed E-state index contributed by atoms with van der Waals surface area (Å²) in [7, 11) is 0. The summed E-state index contributed by atoms with van der Waals surface area (Å²) in [6.07, 6.45) is 0. The number of hydrogen-bond donors (Lipinski definition) is 1. The van der Waals surface area contributed by atoms with Gasteiger partial charge in [0.1, 0.15) is 5.69 Å². The van der Waals surface area contributed by atoms with Gasteiger partial charge in [0.05, 0.1) is 13.2 Å². The van der Waals surface area contributed by atoms with Gasteiger partial charge in [0.2, 0.25) is 0 Å². The van der Waals surface area contributed by atoms with Crippen molar-refractivity contribution in [2.24, 2.45) is 0 Å². The Morgan fingerprint density at radius 2 is 2.33 bits per heavy atom. The van der Waals surface area contributed by atoms with E-state index in [4.69, 9.17) is 9.84 Å². The topological polar surface area (TPSA) is 75.5 Å². The Bertz CT molecular complexity index is 324. The van der Waals surface area contributed by atoms with Crippen molar-refractivity contribution >= 4 is 17.5 Å². The third kappa shape index (κ3) is 2.31. The molecule has 0 saturated carbocycles. The molecule has 15 heavy (non-hydrogen) atoms. The van der Waals surface area contributed by atoms with Crippen LogP contribution in [0.15, 0.2) is 5.38 Å². The second-order valence-electron chi connectivity index (χ2n) is 3.22. The van der Waals surface area contributed by atoms with Gasteiger partial charge in [0, 0.05) is 18.5 Å². The van der Waals surface area contributed by atoms with E-state index in [0.717, 1.165) is 0 Å². The number of carbonyl (C=O) groups is 1. The van der Waals surface area contributed by atoms with Crippen LogP contribution < -0.4 is 0 Å². The van der Waals surface area contributed by atoms with Gasteiger partial charge in [0.15, 0.2) is 6.04 Å². The summed E-state index contributed by atoms with van der Waals surface area (Å²) in [6, 6.07) is -0.687. The van der Waals surface area contributed by atoms with E-state index in [2.05, 4.69) is 9.59 Å². The average molecular weight is 229 g/mol. The minimum absolute atomic E-state index is 0.509. The van der Waals surface area contributed by atoms with Gasteiger partial charge < -0.3 is 9.84 Å². The molecule has 1 aromatic rings. The third-order valence-corrected chi connectivity index (χ3v) is 2.82. The predicted molar refractivity (Wildman–Crippen MR) is 52.7 cm³/mol. The van der Waals surface area contributed by atoms with Gasteiger partial charge >= 0.3 is 5.97 Å². The Morgan fingerprint density at radius 3 is 2.87 bits per heavy atom. The van der Waals surface area contributed by atoms with Gasteiger partial charge in [-0.05, 0) is 11.5 Å². The fourth-order valence-electron chi connectivity index (χ4n) is 1.60. The molecule has 0 spiro atoms. The molecular weight excluding hydrogens is 218 g/mol. The smallest absolute Gasteiger partial charge is 0.327 e. The van der Waals surface area contributed by atoms with E-state index in [1.165, 1.54) is 11.5 Å². The normalized spacial score (nSPS) is 20.0. The van der Waals surface area contributed by atoms with Crippen LogP contribution in [0.2, 0.25) is 0 Å². The van der Waals surface area contributed by atoms with Crippen molar-refractivity contribution in [2.75, 3.05) is 26.3 Å². The third-order valence-electron chi connectivity index (χ3n) is 2.30. The lowest BCUT2D eigenvalue weighted by atomic mass is 10.2. The average Bonchev–Trinajstić information content (AvgIpc) is 2.72.